The molecule has 0 bridgehead atoms. The third-order valence-corrected chi connectivity index (χ3v) is 3.28. The van der Waals surface area contributed by atoms with Gasteiger partial charge in [-0.25, -0.2) is 0 Å². The van der Waals surface area contributed by atoms with Crippen molar-refractivity contribution in [2.75, 3.05) is 7.11 Å². The standard InChI is InChI=1S/C16H30O4/c1-7-13(15(18)20-16(3,4)5)11-9-8-10-12(2)14(17)19-6/h12-13H,7-11H2,1-6H3. The molecule has 0 fully saturated rings. The van der Waals surface area contributed by atoms with Gasteiger partial charge in [-0.3, -0.25) is 9.59 Å². The van der Waals surface area contributed by atoms with Gasteiger partial charge < -0.3 is 9.47 Å². The zero-order valence-corrected chi connectivity index (χ0v) is 13.8. The van der Waals surface area contributed by atoms with Crippen LogP contribution in [0.4, 0.5) is 0 Å². The molecular weight excluding hydrogens is 256 g/mol. The predicted molar refractivity (Wildman–Crippen MR) is 79.3 cm³/mol. The van der Waals surface area contributed by atoms with E-state index in [-0.39, 0.29) is 23.8 Å². The lowest BCUT2D eigenvalue weighted by Gasteiger charge is -2.23. The second-order valence-electron chi connectivity index (χ2n) is 6.35. The van der Waals surface area contributed by atoms with E-state index in [2.05, 4.69) is 0 Å². The minimum absolute atomic E-state index is 0.0392. The van der Waals surface area contributed by atoms with Gasteiger partial charge in [0.1, 0.15) is 5.60 Å². The zero-order chi connectivity index (χ0) is 15.8. The van der Waals surface area contributed by atoms with E-state index in [0.29, 0.717) is 0 Å². The van der Waals surface area contributed by atoms with Crippen LogP contribution in [0.1, 0.15) is 66.7 Å². The molecule has 2 unspecified atom stereocenters. The van der Waals surface area contributed by atoms with E-state index in [4.69, 9.17) is 9.47 Å². The third kappa shape index (κ3) is 8.18. The van der Waals surface area contributed by atoms with Crippen molar-refractivity contribution >= 4 is 11.9 Å². The summed E-state index contributed by atoms with van der Waals surface area (Å²) in [7, 11) is 1.41. The predicted octanol–water partition coefficient (Wildman–Crippen LogP) is 3.72. The molecule has 0 spiro atoms. The average Bonchev–Trinajstić information content (AvgIpc) is 2.35. The van der Waals surface area contributed by atoms with E-state index in [0.717, 1.165) is 32.1 Å². The molecule has 0 amide bonds. The summed E-state index contributed by atoms with van der Waals surface area (Å²) in [6.45, 7) is 9.53. The van der Waals surface area contributed by atoms with Crippen LogP contribution in [0.25, 0.3) is 0 Å². The van der Waals surface area contributed by atoms with Gasteiger partial charge >= 0.3 is 11.9 Å². The first kappa shape index (κ1) is 18.9. The SMILES string of the molecule is CCC(CCCCC(C)C(=O)OC)C(=O)OC(C)(C)C. The molecule has 0 aromatic carbocycles. The number of esters is 2. The summed E-state index contributed by atoms with van der Waals surface area (Å²) in [5, 5.41) is 0. The summed E-state index contributed by atoms with van der Waals surface area (Å²) in [5.74, 6) is -0.380. The Kier molecular flexibility index (Phi) is 8.51. The first-order chi connectivity index (χ1) is 9.21. The van der Waals surface area contributed by atoms with Gasteiger partial charge in [0.25, 0.3) is 0 Å². The van der Waals surface area contributed by atoms with Crippen molar-refractivity contribution in [2.24, 2.45) is 11.8 Å². The van der Waals surface area contributed by atoms with Gasteiger partial charge in [0.15, 0.2) is 0 Å². The number of hydrogen-bond donors (Lipinski definition) is 0. The van der Waals surface area contributed by atoms with Gasteiger partial charge in [-0.15, -0.1) is 0 Å². The Morgan fingerprint density at radius 1 is 1.05 bits per heavy atom. The van der Waals surface area contributed by atoms with Gasteiger partial charge in [-0.2, -0.15) is 0 Å². The van der Waals surface area contributed by atoms with E-state index in [9.17, 15) is 9.59 Å². The van der Waals surface area contributed by atoms with Crippen molar-refractivity contribution in [3.8, 4) is 0 Å². The van der Waals surface area contributed by atoms with Gasteiger partial charge in [0.2, 0.25) is 0 Å². The van der Waals surface area contributed by atoms with Crippen LogP contribution in [0.3, 0.4) is 0 Å². The van der Waals surface area contributed by atoms with Crippen LogP contribution in [-0.2, 0) is 19.1 Å². The summed E-state index contributed by atoms with van der Waals surface area (Å²) in [6.07, 6.45) is 4.27. The number of unbranched alkanes of at least 4 members (excludes halogenated alkanes) is 1. The topological polar surface area (TPSA) is 52.6 Å². The molecule has 0 radical (unpaired) electrons. The lowest BCUT2D eigenvalue weighted by atomic mass is 9.96. The van der Waals surface area contributed by atoms with E-state index in [1.165, 1.54) is 7.11 Å². The molecule has 0 aliphatic rings. The Hall–Kier alpha value is -1.06. The summed E-state index contributed by atoms with van der Waals surface area (Å²) < 4.78 is 10.1. The lowest BCUT2D eigenvalue weighted by molar-refractivity contribution is -0.160. The molecule has 0 aliphatic carbocycles. The second-order valence-corrected chi connectivity index (χ2v) is 6.35. The quantitative estimate of drug-likeness (QED) is 0.504. The molecule has 0 saturated carbocycles. The molecule has 0 N–H and O–H groups in total. The Labute approximate surface area is 123 Å². The fourth-order valence-corrected chi connectivity index (χ4v) is 2.03. The average molecular weight is 286 g/mol. The minimum atomic E-state index is -0.427. The lowest BCUT2D eigenvalue weighted by Crippen LogP contribution is -2.28. The Morgan fingerprint density at radius 2 is 1.60 bits per heavy atom. The number of hydrogen-bond acceptors (Lipinski definition) is 4. The van der Waals surface area contributed by atoms with Crippen molar-refractivity contribution in [3.63, 3.8) is 0 Å². The van der Waals surface area contributed by atoms with Gasteiger partial charge in [0.05, 0.1) is 18.9 Å². The molecular formula is C16H30O4. The number of ether oxygens (including phenoxy) is 2. The summed E-state index contributed by atoms with van der Waals surface area (Å²) in [5.41, 5.74) is -0.427. The summed E-state index contributed by atoms with van der Waals surface area (Å²) >= 11 is 0. The number of carbonyl (C=O) groups is 2. The van der Waals surface area contributed by atoms with E-state index < -0.39 is 5.60 Å². The molecule has 118 valence electrons. The third-order valence-electron chi connectivity index (χ3n) is 3.28. The fourth-order valence-electron chi connectivity index (χ4n) is 2.03. The molecule has 0 rings (SSSR count). The molecule has 0 saturated heterocycles. The molecule has 4 heteroatoms. The molecule has 4 nitrogen and oxygen atoms in total. The summed E-state index contributed by atoms with van der Waals surface area (Å²) in [4.78, 5) is 23.2. The van der Waals surface area contributed by atoms with Crippen molar-refractivity contribution < 1.29 is 19.1 Å². The molecule has 0 aliphatic heterocycles. The van der Waals surface area contributed by atoms with E-state index in [1.54, 1.807) is 0 Å². The highest BCUT2D eigenvalue weighted by Crippen LogP contribution is 2.20. The van der Waals surface area contributed by atoms with Crippen LogP contribution in [-0.4, -0.2) is 24.6 Å². The van der Waals surface area contributed by atoms with Crippen LogP contribution in [0, 0.1) is 11.8 Å². The highest BCUT2D eigenvalue weighted by molar-refractivity contribution is 5.72. The van der Waals surface area contributed by atoms with E-state index in [1.807, 2.05) is 34.6 Å². The van der Waals surface area contributed by atoms with Crippen LogP contribution in [0.5, 0.6) is 0 Å². The van der Waals surface area contributed by atoms with Crippen LogP contribution in [0.15, 0.2) is 0 Å². The van der Waals surface area contributed by atoms with Crippen LogP contribution >= 0.6 is 0 Å². The maximum Gasteiger partial charge on any atom is 0.309 e. The number of methoxy groups -OCH3 is 1. The van der Waals surface area contributed by atoms with Crippen molar-refractivity contribution in [3.05, 3.63) is 0 Å². The van der Waals surface area contributed by atoms with Gasteiger partial charge in [-0.1, -0.05) is 26.7 Å². The highest BCUT2D eigenvalue weighted by Gasteiger charge is 2.23. The first-order valence-electron chi connectivity index (χ1n) is 7.52. The smallest absolute Gasteiger partial charge is 0.309 e. The Morgan fingerprint density at radius 3 is 2.05 bits per heavy atom. The highest BCUT2D eigenvalue weighted by atomic mass is 16.6. The van der Waals surface area contributed by atoms with Crippen molar-refractivity contribution in [1.29, 1.82) is 0 Å². The second kappa shape index (κ2) is 8.98. The zero-order valence-electron chi connectivity index (χ0n) is 13.8. The number of carbonyl (C=O) groups excluding carboxylic acids is 2. The molecule has 0 aromatic rings. The summed E-state index contributed by atoms with van der Waals surface area (Å²) in [6, 6.07) is 0. The Bertz CT molecular complexity index is 304. The molecule has 20 heavy (non-hydrogen) atoms. The minimum Gasteiger partial charge on any atom is -0.469 e. The largest absolute Gasteiger partial charge is 0.469 e. The molecule has 0 aromatic heterocycles. The first-order valence-corrected chi connectivity index (χ1v) is 7.52. The maximum atomic E-state index is 12.0. The van der Waals surface area contributed by atoms with Crippen molar-refractivity contribution in [2.45, 2.75) is 72.3 Å². The van der Waals surface area contributed by atoms with Gasteiger partial charge in [-0.05, 0) is 40.0 Å². The van der Waals surface area contributed by atoms with Crippen molar-refractivity contribution in [1.82, 2.24) is 0 Å². The molecule has 2 atom stereocenters. The van der Waals surface area contributed by atoms with Gasteiger partial charge in [0, 0.05) is 0 Å². The maximum absolute atomic E-state index is 12.0. The Balaban J connectivity index is 4.02. The normalized spacial score (nSPS) is 14.5. The fraction of sp³-hybridized carbons (Fsp3) is 0.875. The van der Waals surface area contributed by atoms with Crippen LogP contribution in [0.2, 0.25) is 0 Å². The van der Waals surface area contributed by atoms with E-state index >= 15 is 0 Å². The monoisotopic (exact) mass is 286 g/mol. The molecule has 0 heterocycles. The van der Waals surface area contributed by atoms with Crippen LogP contribution < -0.4 is 0 Å². The number of rotatable bonds is 8.